The summed E-state index contributed by atoms with van der Waals surface area (Å²) in [5.74, 6) is 6.06. The third-order valence-electron chi connectivity index (χ3n) is 2.94. The van der Waals surface area contributed by atoms with Crippen molar-refractivity contribution in [2.45, 2.75) is 32.4 Å². The van der Waals surface area contributed by atoms with Crippen molar-refractivity contribution >= 4 is 0 Å². The summed E-state index contributed by atoms with van der Waals surface area (Å²) in [4.78, 5) is 2.43. The Hall–Kier alpha value is -0.560. The summed E-state index contributed by atoms with van der Waals surface area (Å²) in [7, 11) is 1.98. The van der Waals surface area contributed by atoms with Crippen molar-refractivity contribution in [3.63, 3.8) is 0 Å². The molecule has 0 bridgehead atoms. The van der Waals surface area contributed by atoms with Gasteiger partial charge in [0.25, 0.3) is 0 Å². The molecule has 0 amide bonds. The molecule has 1 N–H and O–H groups in total. The minimum Gasteiger partial charge on any atom is -0.374 e. The Bertz CT molecular complexity index is 232. The first kappa shape index (κ1) is 12.5. The second kappa shape index (κ2) is 6.84. The summed E-state index contributed by atoms with van der Waals surface area (Å²) < 4.78 is 5.79. The van der Waals surface area contributed by atoms with Crippen molar-refractivity contribution in [2.75, 3.05) is 33.3 Å². The number of nitrogens with zero attached hydrogens (tertiary/aromatic N) is 1. The quantitative estimate of drug-likeness (QED) is 0.692. The van der Waals surface area contributed by atoms with E-state index < -0.39 is 0 Å². The molecule has 0 aromatic rings. The van der Waals surface area contributed by atoms with E-state index in [2.05, 4.69) is 29.0 Å². The summed E-state index contributed by atoms with van der Waals surface area (Å²) in [5, 5.41) is 3.30. The highest BCUT2D eigenvalue weighted by Crippen LogP contribution is 2.10. The van der Waals surface area contributed by atoms with Crippen LogP contribution in [0.25, 0.3) is 0 Å². The smallest absolute Gasteiger partial charge is 0.0864 e. The number of nitrogens with one attached hydrogen (secondary N) is 1. The van der Waals surface area contributed by atoms with Crippen LogP contribution in [0, 0.1) is 11.8 Å². The van der Waals surface area contributed by atoms with E-state index in [1.165, 1.54) is 0 Å². The van der Waals surface area contributed by atoms with Gasteiger partial charge in [0.05, 0.1) is 12.7 Å². The lowest BCUT2D eigenvalue weighted by atomic mass is 10.1. The van der Waals surface area contributed by atoms with Crippen LogP contribution in [0.5, 0.6) is 0 Å². The number of rotatable bonds is 4. The molecule has 0 aromatic carbocycles. The molecule has 1 aliphatic rings. The molecule has 86 valence electrons. The Morgan fingerprint density at radius 1 is 1.60 bits per heavy atom. The number of ether oxygens (including phenoxy) is 1. The van der Waals surface area contributed by atoms with Crippen molar-refractivity contribution < 1.29 is 4.74 Å². The monoisotopic (exact) mass is 210 g/mol. The van der Waals surface area contributed by atoms with E-state index in [0.29, 0.717) is 6.04 Å². The lowest BCUT2D eigenvalue weighted by Gasteiger charge is -2.35. The lowest BCUT2D eigenvalue weighted by molar-refractivity contribution is -0.0428. The SMILES string of the molecule is CC#CCC(NC)C1CN(CC)CCO1. The standard InChI is InChI=1S/C12H22N2O/c1-4-6-7-11(13-3)12-10-14(5-2)8-9-15-12/h11-13H,5,7-10H2,1-3H3. The zero-order valence-electron chi connectivity index (χ0n) is 10.0. The second-order valence-electron chi connectivity index (χ2n) is 3.83. The van der Waals surface area contributed by atoms with Crippen LogP contribution in [0.2, 0.25) is 0 Å². The van der Waals surface area contributed by atoms with E-state index in [0.717, 1.165) is 32.7 Å². The largest absolute Gasteiger partial charge is 0.374 e. The fourth-order valence-corrected chi connectivity index (χ4v) is 1.89. The molecule has 15 heavy (non-hydrogen) atoms. The topological polar surface area (TPSA) is 24.5 Å². The Morgan fingerprint density at radius 2 is 2.40 bits per heavy atom. The highest BCUT2D eigenvalue weighted by molar-refractivity contribution is 5.00. The minimum absolute atomic E-state index is 0.282. The lowest BCUT2D eigenvalue weighted by Crippen LogP contribution is -2.51. The molecule has 0 radical (unpaired) electrons. The fraction of sp³-hybridized carbons (Fsp3) is 0.833. The normalized spacial score (nSPS) is 24.3. The molecule has 1 fully saturated rings. The zero-order valence-corrected chi connectivity index (χ0v) is 10.0. The molecule has 2 unspecified atom stereocenters. The number of morpholine rings is 1. The first-order valence-electron chi connectivity index (χ1n) is 5.72. The van der Waals surface area contributed by atoms with Crippen molar-refractivity contribution in [3.05, 3.63) is 0 Å². The van der Waals surface area contributed by atoms with E-state index in [1.54, 1.807) is 0 Å². The molecule has 0 spiro atoms. The van der Waals surface area contributed by atoms with Crippen LogP contribution in [0.1, 0.15) is 20.3 Å². The van der Waals surface area contributed by atoms with Crippen LogP contribution in [0.3, 0.4) is 0 Å². The molecule has 1 saturated heterocycles. The van der Waals surface area contributed by atoms with Crippen molar-refractivity contribution in [1.82, 2.24) is 10.2 Å². The molecule has 1 heterocycles. The zero-order chi connectivity index (χ0) is 11.1. The second-order valence-corrected chi connectivity index (χ2v) is 3.83. The van der Waals surface area contributed by atoms with E-state index in [-0.39, 0.29) is 6.10 Å². The first-order chi connectivity index (χ1) is 7.31. The number of hydrogen-bond acceptors (Lipinski definition) is 3. The Morgan fingerprint density at radius 3 is 3.00 bits per heavy atom. The van der Waals surface area contributed by atoms with Crippen LogP contribution < -0.4 is 5.32 Å². The molecule has 3 nitrogen and oxygen atoms in total. The van der Waals surface area contributed by atoms with E-state index in [1.807, 2.05) is 14.0 Å². The molecule has 1 aliphatic heterocycles. The number of likely N-dealkylation sites (N-methyl/N-ethyl adjacent to an activating group) is 2. The van der Waals surface area contributed by atoms with Crippen LogP contribution in [0.15, 0.2) is 0 Å². The van der Waals surface area contributed by atoms with Gasteiger partial charge in [-0.2, -0.15) is 0 Å². The Labute approximate surface area is 93.2 Å². The van der Waals surface area contributed by atoms with E-state index in [4.69, 9.17) is 4.74 Å². The maximum Gasteiger partial charge on any atom is 0.0864 e. The van der Waals surface area contributed by atoms with Gasteiger partial charge in [-0.3, -0.25) is 4.90 Å². The number of hydrogen-bond donors (Lipinski definition) is 1. The summed E-state index contributed by atoms with van der Waals surface area (Å²) in [6, 6.07) is 0.354. The predicted molar refractivity (Wildman–Crippen MR) is 62.8 cm³/mol. The van der Waals surface area contributed by atoms with Gasteiger partial charge in [0.1, 0.15) is 0 Å². The molecular weight excluding hydrogens is 188 g/mol. The average molecular weight is 210 g/mol. The van der Waals surface area contributed by atoms with Gasteiger partial charge in [0.2, 0.25) is 0 Å². The average Bonchev–Trinajstić information content (AvgIpc) is 2.30. The van der Waals surface area contributed by atoms with Crippen molar-refractivity contribution in [1.29, 1.82) is 0 Å². The maximum atomic E-state index is 5.79. The highest BCUT2D eigenvalue weighted by Gasteiger charge is 2.25. The van der Waals surface area contributed by atoms with Gasteiger partial charge in [0.15, 0.2) is 0 Å². The fourth-order valence-electron chi connectivity index (χ4n) is 1.89. The van der Waals surface area contributed by atoms with Crippen LogP contribution in [-0.4, -0.2) is 50.3 Å². The molecule has 0 saturated carbocycles. The summed E-state index contributed by atoms with van der Waals surface area (Å²) in [6.45, 7) is 8.11. The van der Waals surface area contributed by atoms with Gasteiger partial charge in [-0.05, 0) is 20.5 Å². The molecule has 3 heteroatoms. The van der Waals surface area contributed by atoms with Gasteiger partial charge in [-0.1, -0.05) is 6.92 Å². The molecular formula is C12H22N2O. The Kier molecular flexibility index (Phi) is 5.70. The van der Waals surface area contributed by atoms with Crippen molar-refractivity contribution in [2.24, 2.45) is 0 Å². The van der Waals surface area contributed by atoms with Gasteiger partial charge < -0.3 is 10.1 Å². The third-order valence-corrected chi connectivity index (χ3v) is 2.94. The molecule has 2 atom stereocenters. The van der Waals surface area contributed by atoms with Crippen LogP contribution in [-0.2, 0) is 4.74 Å². The maximum absolute atomic E-state index is 5.79. The summed E-state index contributed by atoms with van der Waals surface area (Å²) in [5.41, 5.74) is 0. The molecule has 1 rings (SSSR count). The van der Waals surface area contributed by atoms with E-state index in [9.17, 15) is 0 Å². The van der Waals surface area contributed by atoms with Gasteiger partial charge >= 0.3 is 0 Å². The van der Waals surface area contributed by atoms with Crippen LogP contribution in [0.4, 0.5) is 0 Å². The van der Waals surface area contributed by atoms with Gasteiger partial charge in [-0.25, -0.2) is 0 Å². The summed E-state index contributed by atoms with van der Waals surface area (Å²) in [6.07, 6.45) is 1.15. The first-order valence-corrected chi connectivity index (χ1v) is 5.72. The molecule has 0 aromatic heterocycles. The highest BCUT2D eigenvalue weighted by atomic mass is 16.5. The third kappa shape index (κ3) is 3.83. The molecule has 0 aliphatic carbocycles. The predicted octanol–water partition coefficient (Wildman–Crippen LogP) is 0.708. The van der Waals surface area contributed by atoms with E-state index >= 15 is 0 Å². The Balaban J connectivity index is 2.46. The van der Waals surface area contributed by atoms with Gasteiger partial charge in [0, 0.05) is 25.6 Å². The van der Waals surface area contributed by atoms with Crippen molar-refractivity contribution in [3.8, 4) is 11.8 Å². The summed E-state index contributed by atoms with van der Waals surface area (Å²) >= 11 is 0. The minimum atomic E-state index is 0.282. The van der Waals surface area contributed by atoms with Crippen LogP contribution >= 0.6 is 0 Å². The van der Waals surface area contributed by atoms with Gasteiger partial charge in [-0.15, -0.1) is 11.8 Å².